The molecule has 2 atom stereocenters. The summed E-state index contributed by atoms with van der Waals surface area (Å²) >= 11 is 0. The average Bonchev–Trinajstić information content (AvgIpc) is 2.37. The molecule has 1 fully saturated rings. The maximum Gasteiger partial charge on any atom is 0.249 e. The summed E-state index contributed by atoms with van der Waals surface area (Å²) in [4.78, 5) is 0. The molecule has 0 aromatic rings. The van der Waals surface area contributed by atoms with Crippen LogP contribution in [0, 0.1) is 11.8 Å². The molecule has 0 aliphatic heterocycles. The topological polar surface area (TPSA) is 29.5 Å². The van der Waals surface area contributed by atoms with Crippen LogP contribution in [-0.2, 0) is 4.43 Å². The first-order valence-corrected chi connectivity index (χ1v) is 11.1. The van der Waals surface area contributed by atoms with E-state index < -0.39 is 8.32 Å². The third-order valence-electron chi connectivity index (χ3n) is 5.22. The summed E-state index contributed by atoms with van der Waals surface area (Å²) in [6.07, 6.45) is 9.95. The van der Waals surface area contributed by atoms with Gasteiger partial charge in [0.1, 0.15) is 0 Å². The Morgan fingerprint density at radius 3 is 2.20 bits per heavy atom. The van der Waals surface area contributed by atoms with Crippen molar-refractivity contribution in [3.63, 3.8) is 0 Å². The van der Waals surface area contributed by atoms with Crippen molar-refractivity contribution in [3.8, 4) is 0 Å². The number of aliphatic hydroxyl groups excluding tert-OH is 1. The highest BCUT2D eigenvalue weighted by atomic mass is 28.4. The number of hydrogen-bond acceptors (Lipinski definition) is 2. The molecular weight excluding hydrogens is 264 g/mol. The van der Waals surface area contributed by atoms with Gasteiger partial charge < -0.3 is 9.53 Å². The minimum atomic E-state index is -1.71. The number of rotatable bonds is 5. The SMILES string of the molecule is CC(/C=C\O[Si](C)(C)C(C)(C)C)[C@H](O)C1CCCCC1. The van der Waals surface area contributed by atoms with Crippen molar-refractivity contribution in [2.45, 2.75) is 84.0 Å². The summed E-state index contributed by atoms with van der Waals surface area (Å²) in [5, 5.41) is 10.7. The monoisotopic (exact) mass is 298 g/mol. The van der Waals surface area contributed by atoms with E-state index in [0.717, 1.165) is 0 Å². The standard InChI is InChI=1S/C17H34O2Si/c1-14(16(18)15-10-8-7-9-11-15)12-13-19-20(5,6)17(2,3)4/h12-16,18H,7-11H2,1-6H3/b13-12-/t14?,16-/m0/s1. The van der Waals surface area contributed by atoms with E-state index in [1.807, 2.05) is 6.26 Å². The Morgan fingerprint density at radius 2 is 1.70 bits per heavy atom. The minimum Gasteiger partial charge on any atom is -0.549 e. The molecule has 0 aromatic carbocycles. The number of aliphatic hydroxyl groups is 1. The van der Waals surface area contributed by atoms with E-state index in [1.165, 1.54) is 32.1 Å². The molecule has 0 saturated heterocycles. The summed E-state index contributed by atoms with van der Waals surface area (Å²) in [6, 6.07) is 0. The summed E-state index contributed by atoms with van der Waals surface area (Å²) < 4.78 is 6.05. The molecule has 1 aliphatic rings. The summed E-state index contributed by atoms with van der Waals surface area (Å²) in [5.41, 5.74) is 0. The van der Waals surface area contributed by atoms with E-state index in [1.54, 1.807) is 0 Å². The molecule has 0 heterocycles. The van der Waals surface area contributed by atoms with Crippen LogP contribution in [0.1, 0.15) is 59.8 Å². The fourth-order valence-electron chi connectivity index (χ4n) is 2.53. The van der Waals surface area contributed by atoms with E-state index in [2.05, 4.69) is 46.9 Å². The van der Waals surface area contributed by atoms with Gasteiger partial charge in [-0.15, -0.1) is 0 Å². The average molecular weight is 299 g/mol. The Hall–Kier alpha value is -0.283. The van der Waals surface area contributed by atoms with E-state index in [9.17, 15) is 5.11 Å². The van der Waals surface area contributed by atoms with Crippen molar-refractivity contribution >= 4 is 8.32 Å². The van der Waals surface area contributed by atoms with Gasteiger partial charge in [0, 0.05) is 5.92 Å². The zero-order chi connectivity index (χ0) is 15.4. The summed E-state index contributed by atoms with van der Waals surface area (Å²) in [7, 11) is -1.71. The summed E-state index contributed by atoms with van der Waals surface area (Å²) in [6.45, 7) is 13.3. The van der Waals surface area contributed by atoms with Crippen LogP contribution in [0.2, 0.25) is 18.1 Å². The molecule has 20 heavy (non-hydrogen) atoms. The van der Waals surface area contributed by atoms with Crippen LogP contribution < -0.4 is 0 Å². The first-order valence-electron chi connectivity index (χ1n) is 8.18. The Bertz CT molecular complexity index is 311. The van der Waals surface area contributed by atoms with Gasteiger partial charge in [0.2, 0.25) is 8.32 Å². The molecule has 0 bridgehead atoms. The van der Waals surface area contributed by atoms with Crippen molar-refractivity contribution < 1.29 is 9.53 Å². The minimum absolute atomic E-state index is 0.183. The van der Waals surface area contributed by atoms with Gasteiger partial charge in [-0.1, -0.05) is 47.0 Å². The Balaban J connectivity index is 2.48. The first kappa shape index (κ1) is 17.8. The lowest BCUT2D eigenvalue weighted by Gasteiger charge is -2.35. The molecule has 0 radical (unpaired) electrons. The highest BCUT2D eigenvalue weighted by Gasteiger charge is 2.38. The van der Waals surface area contributed by atoms with Crippen LogP contribution in [-0.4, -0.2) is 19.5 Å². The van der Waals surface area contributed by atoms with Crippen molar-refractivity contribution in [2.75, 3.05) is 0 Å². The molecule has 1 unspecified atom stereocenters. The van der Waals surface area contributed by atoms with Gasteiger partial charge in [0.05, 0.1) is 12.4 Å². The second-order valence-corrected chi connectivity index (χ2v) is 12.7. The number of hydrogen-bond donors (Lipinski definition) is 1. The van der Waals surface area contributed by atoms with Crippen LogP contribution in [0.15, 0.2) is 12.3 Å². The molecule has 3 heteroatoms. The van der Waals surface area contributed by atoms with Gasteiger partial charge >= 0.3 is 0 Å². The van der Waals surface area contributed by atoms with Gasteiger partial charge in [-0.05, 0) is 43.0 Å². The maximum atomic E-state index is 10.4. The van der Waals surface area contributed by atoms with Gasteiger partial charge in [0.25, 0.3) is 0 Å². The highest BCUT2D eigenvalue weighted by Crippen LogP contribution is 2.37. The van der Waals surface area contributed by atoms with E-state index in [0.29, 0.717) is 5.92 Å². The third kappa shape index (κ3) is 4.92. The van der Waals surface area contributed by atoms with Crippen molar-refractivity contribution in [1.82, 2.24) is 0 Å². The first-order chi connectivity index (χ1) is 9.15. The smallest absolute Gasteiger partial charge is 0.249 e. The lowest BCUT2D eigenvalue weighted by atomic mass is 9.81. The Morgan fingerprint density at radius 1 is 1.15 bits per heavy atom. The largest absolute Gasteiger partial charge is 0.549 e. The molecule has 0 aromatic heterocycles. The molecule has 1 N–H and O–H groups in total. The Labute approximate surface area is 126 Å². The maximum absolute atomic E-state index is 10.4. The molecule has 1 rings (SSSR count). The van der Waals surface area contributed by atoms with Gasteiger partial charge in [0.15, 0.2) is 0 Å². The highest BCUT2D eigenvalue weighted by molar-refractivity contribution is 6.74. The molecule has 1 saturated carbocycles. The van der Waals surface area contributed by atoms with Crippen molar-refractivity contribution in [2.24, 2.45) is 11.8 Å². The quantitative estimate of drug-likeness (QED) is 0.565. The summed E-state index contributed by atoms with van der Waals surface area (Å²) in [5.74, 6) is 0.666. The molecule has 0 spiro atoms. The van der Waals surface area contributed by atoms with Crippen molar-refractivity contribution in [1.29, 1.82) is 0 Å². The molecule has 0 amide bonds. The van der Waals surface area contributed by atoms with Crippen molar-refractivity contribution in [3.05, 3.63) is 12.3 Å². The van der Waals surface area contributed by atoms with E-state index in [4.69, 9.17) is 4.43 Å². The van der Waals surface area contributed by atoms with Crippen LogP contribution in [0.4, 0.5) is 0 Å². The van der Waals surface area contributed by atoms with Gasteiger partial charge in [-0.2, -0.15) is 0 Å². The normalized spacial score (nSPS) is 21.9. The van der Waals surface area contributed by atoms with Crippen LogP contribution in [0.3, 0.4) is 0 Å². The van der Waals surface area contributed by atoms with Gasteiger partial charge in [-0.25, -0.2) is 0 Å². The molecule has 118 valence electrons. The molecule has 1 aliphatic carbocycles. The zero-order valence-corrected chi connectivity index (χ0v) is 15.3. The van der Waals surface area contributed by atoms with Crippen LogP contribution >= 0.6 is 0 Å². The molecular formula is C17H34O2Si. The third-order valence-corrected chi connectivity index (χ3v) is 9.56. The van der Waals surface area contributed by atoms with E-state index in [-0.39, 0.29) is 17.1 Å². The molecule has 2 nitrogen and oxygen atoms in total. The zero-order valence-electron chi connectivity index (χ0n) is 14.3. The predicted octanol–water partition coefficient (Wildman–Crippen LogP) is 5.10. The Kier molecular flexibility index (Phi) is 6.33. The van der Waals surface area contributed by atoms with E-state index >= 15 is 0 Å². The fraction of sp³-hybridized carbons (Fsp3) is 0.882. The lowest BCUT2D eigenvalue weighted by molar-refractivity contribution is 0.0551. The second kappa shape index (κ2) is 7.12. The van der Waals surface area contributed by atoms with Gasteiger partial charge in [-0.3, -0.25) is 0 Å². The fourth-order valence-corrected chi connectivity index (χ4v) is 3.30. The van der Waals surface area contributed by atoms with Crippen LogP contribution in [0.25, 0.3) is 0 Å². The predicted molar refractivity (Wildman–Crippen MR) is 89.2 cm³/mol. The van der Waals surface area contributed by atoms with Crippen LogP contribution in [0.5, 0.6) is 0 Å². The lowest BCUT2D eigenvalue weighted by Crippen LogP contribution is -2.39. The second-order valence-electron chi connectivity index (χ2n) is 7.95.